The summed E-state index contributed by atoms with van der Waals surface area (Å²) < 4.78 is 7.62. The number of hydrogen-bond acceptors (Lipinski definition) is 4. The Labute approximate surface area is 212 Å². The molecule has 6 heteroatoms. The molecule has 3 aromatic carbocycles. The van der Waals surface area contributed by atoms with Gasteiger partial charge in [-0.3, -0.25) is 9.69 Å². The topological polar surface area (TPSA) is 59.4 Å². The van der Waals surface area contributed by atoms with Crippen LogP contribution >= 0.6 is 0 Å². The minimum Gasteiger partial charge on any atom is -0.497 e. The van der Waals surface area contributed by atoms with E-state index >= 15 is 0 Å². The van der Waals surface area contributed by atoms with Gasteiger partial charge in [0, 0.05) is 18.8 Å². The lowest BCUT2D eigenvalue weighted by Gasteiger charge is -2.31. The summed E-state index contributed by atoms with van der Waals surface area (Å²) in [6.07, 6.45) is 2.91. The summed E-state index contributed by atoms with van der Waals surface area (Å²) in [7, 11) is 1.69. The first-order valence-electron chi connectivity index (χ1n) is 12.8. The van der Waals surface area contributed by atoms with Gasteiger partial charge >= 0.3 is 0 Å². The van der Waals surface area contributed by atoms with Crippen molar-refractivity contribution in [2.24, 2.45) is 5.92 Å². The number of nitrogens with zero attached hydrogens (tertiary/aromatic N) is 3. The Hall–Kier alpha value is -3.64. The monoisotopic (exact) mass is 482 g/mol. The number of ether oxygens (including phenoxy) is 1. The van der Waals surface area contributed by atoms with Crippen molar-refractivity contribution in [1.82, 2.24) is 14.5 Å². The Morgan fingerprint density at radius 1 is 1.00 bits per heavy atom. The lowest BCUT2D eigenvalue weighted by Crippen LogP contribution is -2.40. The summed E-state index contributed by atoms with van der Waals surface area (Å²) in [5.74, 6) is 1.97. The molecule has 0 aliphatic carbocycles. The van der Waals surface area contributed by atoms with Gasteiger partial charge in [-0.25, -0.2) is 4.98 Å². The molecule has 1 atom stereocenters. The van der Waals surface area contributed by atoms with Gasteiger partial charge in [-0.05, 0) is 73.3 Å². The number of carbonyl (C=O) groups is 1. The molecule has 5 rings (SSSR count). The highest BCUT2D eigenvalue weighted by atomic mass is 16.5. The number of hydrogen-bond donors (Lipinski definition) is 1. The third-order valence-corrected chi connectivity index (χ3v) is 7.10. The molecular formula is C30H34N4O2. The number of fused-ring (bicyclic) bond motifs is 1. The summed E-state index contributed by atoms with van der Waals surface area (Å²) in [4.78, 5) is 20.4. The van der Waals surface area contributed by atoms with E-state index in [2.05, 4.69) is 64.2 Å². The highest BCUT2D eigenvalue weighted by Gasteiger charge is 2.27. The van der Waals surface area contributed by atoms with Crippen LogP contribution in [0.3, 0.4) is 0 Å². The molecule has 0 radical (unpaired) electrons. The van der Waals surface area contributed by atoms with Gasteiger partial charge in [0.2, 0.25) is 5.91 Å². The van der Waals surface area contributed by atoms with E-state index in [0.29, 0.717) is 0 Å². The van der Waals surface area contributed by atoms with Crippen molar-refractivity contribution in [3.05, 3.63) is 89.7 Å². The first-order chi connectivity index (χ1) is 17.6. The molecule has 186 valence electrons. The average Bonchev–Trinajstić information content (AvgIpc) is 3.26. The van der Waals surface area contributed by atoms with Crippen LogP contribution in [0.2, 0.25) is 0 Å². The minimum absolute atomic E-state index is 0.0241. The van der Waals surface area contributed by atoms with Gasteiger partial charge in [-0.15, -0.1) is 0 Å². The predicted molar refractivity (Wildman–Crippen MR) is 144 cm³/mol. The quantitative estimate of drug-likeness (QED) is 0.360. The molecule has 4 aromatic rings. The number of amides is 1. The summed E-state index contributed by atoms with van der Waals surface area (Å²) in [6.45, 7) is 5.31. The molecule has 0 bridgehead atoms. The largest absolute Gasteiger partial charge is 0.497 e. The van der Waals surface area contributed by atoms with E-state index in [4.69, 9.17) is 9.72 Å². The smallest absolute Gasteiger partial charge is 0.228 e. The molecule has 2 heterocycles. The van der Waals surface area contributed by atoms with Gasteiger partial charge in [-0.1, -0.05) is 43.3 Å². The Bertz CT molecular complexity index is 1310. The highest BCUT2D eigenvalue weighted by Crippen LogP contribution is 2.24. The normalized spacial score (nSPS) is 16.2. The van der Waals surface area contributed by atoms with Gasteiger partial charge in [-0.2, -0.15) is 0 Å². The van der Waals surface area contributed by atoms with E-state index in [1.807, 2.05) is 30.3 Å². The fourth-order valence-corrected chi connectivity index (χ4v) is 5.02. The second kappa shape index (κ2) is 11.0. The lowest BCUT2D eigenvalue weighted by molar-refractivity contribution is -0.121. The van der Waals surface area contributed by atoms with Gasteiger partial charge < -0.3 is 14.6 Å². The maximum Gasteiger partial charge on any atom is 0.228 e. The molecular weight excluding hydrogens is 448 g/mol. The standard InChI is InChI=1S/C30H34N4O2/c1-3-22-10-14-25(15-11-22)31-30(35)24-7-6-18-33(20-24)21-29-32-27-8-4-5-9-28(27)34(29)19-23-12-16-26(36-2)17-13-23/h4-5,8-17,24H,3,6-7,18-21H2,1-2H3,(H,31,35)/t24-/m0/s1. The Morgan fingerprint density at radius 2 is 1.75 bits per heavy atom. The zero-order valence-corrected chi connectivity index (χ0v) is 21.1. The number of rotatable bonds is 8. The van der Waals surface area contributed by atoms with Crippen LogP contribution in [0.25, 0.3) is 11.0 Å². The molecule has 36 heavy (non-hydrogen) atoms. The number of aryl methyl sites for hydroxylation is 1. The van der Waals surface area contributed by atoms with Crippen LogP contribution in [0.5, 0.6) is 5.75 Å². The Kier molecular flexibility index (Phi) is 7.33. The van der Waals surface area contributed by atoms with Crippen molar-refractivity contribution in [1.29, 1.82) is 0 Å². The van der Waals surface area contributed by atoms with Crippen LogP contribution in [-0.4, -0.2) is 40.6 Å². The highest BCUT2D eigenvalue weighted by molar-refractivity contribution is 5.92. The number of piperidine rings is 1. The molecule has 0 unspecified atom stereocenters. The van der Waals surface area contributed by atoms with E-state index < -0.39 is 0 Å². The molecule has 1 aliphatic heterocycles. The number of nitrogens with one attached hydrogen (secondary N) is 1. The van der Waals surface area contributed by atoms with Gasteiger partial charge in [0.1, 0.15) is 11.6 Å². The van der Waals surface area contributed by atoms with Gasteiger partial charge in [0.15, 0.2) is 0 Å². The van der Waals surface area contributed by atoms with Crippen molar-refractivity contribution >= 4 is 22.6 Å². The fraction of sp³-hybridized carbons (Fsp3) is 0.333. The van der Waals surface area contributed by atoms with Crippen molar-refractivity contribution in [3.8, 4) is 5.75 Å². The molecule has 6 nitrogen and oxygen atoms in total. The van der Waals surface area contributed by atoms with Crippen molar-refractivity contribution in [2.75, 3.05) is 25.5 Å². The van der Waals surface area contributed by atoms with Crippen LogP contribution in [-0.2, 0) is 24.3 Å². The second-order valence-electron chi connectivity index (χ2n) is 9.56. The number of benzene rings is 3. The molecule has 0 saturated carbocycles. The van der Waals surface area contributed by atoms with E-state index in [1.54, 1.807) is 7.11 Å². The van der Waals surface area contributed by atoms with E-state index in [-0.39, 0.29) is 11.8 Å². The first kappa shape index (κ1) is 24.1. The third kappa shape index (κ3) is 5.44. The minimum atomic E-state index is -0.0241. The summed E-state index contributed by atoms with van der Waals surface area (Å²) in [6, 6.07) is 24.7. The zero-order valence-electron chi connectivity index (χ0n) is 21.1. The predicted octanol–water partition coefficient (Wildman–Crippen LogP) is 5.51. The number of methoxy groups -OCH3 is 1. The number of carbonyl (C=O) groups excluding carboxylic acids is 1. The number of anilines is 1. The molecule has 1 fully saturated rings. The maximum atomic E-state index is 13.1. The van der Waals surface area contributed by atoms with Crippen LogP contribution < -0.4 is 10.1 Å². The van der Waals surface area contributed by atoms with E-state index in [1.165, 1.54) is 11.1 Å². The summed E-state index contributed by atoms with van der Waals surface area (Å²) in [5.41, 5.74) is 5.48. The maximum absolute atomic E-state index is 13.1. The van der Waals surface area contributed by atoms with Crippen molar-refractivity contribution in [3.63, 3.8) is 0 Å². The number of likely N-dealkylation sites (tertiary alicyclic amines) is 1. The first-order valence-corrected chi connectivity index (χ1v) is 12.8. The van der Waals surface area contributed by atoms with Crippen LogP contribution in [0, 0.1) is 5.92 Å². The molecule has 0 spiro atoms. The second-order valence-corrected chi connectivity index (χ2v) is 9.56. The average molecular weight is 483 g/mol. The fourth-order valence-electron chi connectivity index (χ4n) is 5.02. The van der Waals surface area contributed by atoms with Crippen molar-refractivity contribution in [2.45, 2.75) is 39.3 Å². The van der Waals surface area contributed by atoms with Crippen LogP contribution in [0.1, 0.15) is 36.7 Å². The van der Waals surface area contributed by atoms with E-state index in [0.717, 1.165) is 73.7 Å². The summed E-state index contributed by atoms with van der Waals surface area (Å²) >= 11 is 0. The van der Waals surface area contributed by atoms with Crippen molar-refractivity contribution < 1.29 is 9.53 Å². The van der Waals surface area contributed by atoms with E-state index in [9.17, 15) is 4.79 Å². The summed E-state index contributed by atoms with van der Waals surface area (Å²) in [5, 5.41) is 3.13. The Morgan fingerprint density at radius 3 is 2.50 bits per heavy atom. The Balaban J connectivity index is 1.30. The van der Waals surface area contributed by atoms with Gasteiger partial charge in [0.25, 0.3) is 0 Å². The van der Waals surface area contributed by atoms with Crippen LogP contribution in [0.4, 0.5) is 5.69 Å². The SMILES string of the molecule is CCc1ccc(NC(=O)[C@H]2CCCN(Cc3nc4ccccc4n3Cc3ccc(OC)cc3)C2)cc1. The zero-order chi connectivity index (χ0) is 24.9. The molecule has 1 saturated heterocycles. The van der Waals surface area contributed by atoms with Gasteiger partial charge in [0.05, 0.1) is 30.6 Å². The number of para-hydroxylation sites is 2. The lowest BCUT2D eigenvalue weighted by atomic mass is 9.97. The molecule has 1 N–H and O–H groups in total. The molecule has 1 aromatic heterocycles. The van der Waals surface area contributed by atoms with Crippen LogP contribution in [0.15, 0.2) is 72.8 Å². The number of aromatic nitrogens is 2. The molecule has 1 aliphatic rings. The number of imidazole rings is 1. The molecule has 1 amide bonds. The third-order valence-electron chi connectivity index (χ3n) is 7.10.